The van der Waals surface area contributed by atoms with Gasteiger partial charge in [-0.25, -0.2) is 0 Å². The quantitative estimate of drug-likeness (QED) is 0.678. The molecule has 0 unspecified atom stereocenters. The monoisotopic (exact) mass is 320 g/mol. The van der Waals surface area contributed by atoms with Crippen LogP contribution < -0.4 is 0 Å². The second-order valence-electron chi connectivity index (χ2n) is 3.79. The van der Waals surface area contributed by atoms with Crippen LogP contribution in [0.1, 0.15) is 11.1 Å². The maximum Gasteiger partial charge on any atom is -0.0178 e. The lowest BCUT2D eigenvalue weighted by atomic mass is 10.0. The molecule has 0 N–H and O–H groups in total. The molecule has 0 aliphatic heterocycles. The summed E-state index contributed by atoms with van der Waals surface area (Å²) in [6, 6.07) is 17.2. The van der Waals surface area contributed by atoms with Crippen molar-refractivity contribution in [3.63, 3.8) is 0 Å². The summed E-state index contributed by atoms with van der Waals surface area (Å²) in [5, 5.41) is 0. The van der Waals surface area contributed by atoms with Gasteiger partial charge in [0.25, 0.3) is 0 Å². The van der Waals surface area contributed by atoms with E-state index in [2.05, 4.69) is 84.1 Å². The zero-order valence-corrected chi connectivity index (χ0v) is 11.3. The maximum absolute atomic E-state index is 2.24. The molecule has 0 aromatic heterocycles. The van der Waals surface area contributed by atoms with Crippen LogP contribution in [0.5, 0.6) is 0 Å². The van der Waals surface area contributed by atoms with Crippen molar-refractivity contribution < 1.29 is 0 Å². The van der Waals surface area contributed by atoms with Crippen molar-refractivity contribution >= 4 is 28.7 Å². The lowest BCUT2D eigenvalue weighted by Gasteiger charge is -2.04. The largest absolute Gasteiger partial charge is 0.0614 e. The van der Waals surface area contributed by atoms with Gasteiger partial charge >= 0.3 is 0 Å². The normalized spacial score (nSPS) is 10.9. The summed E-state index contributed by atoms with van der Waals surface area (Å²) in [6.45, 7) is 2.12. The Morgan fingerprint density at radius 3 is 2.31 bits per heavy atom. The standard InChI is InChI=1S/C15H13I/c1-12-4-2-6-14(10-12)15-7-3-5-13(11-15)8-9-16/h2-11H,1H3/b9-8+. The Labute approximate surface area is 110 Å². The van der Waals surface area contributed by atoms with E-state index in [0.29, 0.717) is 0 Å². The van der Waals surface area contributed by atoms with Crippen LogP contribution in [0.15, 0.2) is 52.6 Å². The molecule has 0 heterocycles. The number of halogens is 1. The van der Waals surface area contributed by atoms with Gasteiger partial charge in [-0.05, 0) is 39.8 Å². The van der Waals surface area contributed by atoms with Crippen LogP contribution in [-0.4, -0.2) is 0 Å². The maximum atomic E-state index is 2.24. The van der Waals surface area contributed by atoms with Crippen LogP contribution in [0, 0.1) is 6.92 Å². The van der Waals surface area contributed by atoms with Crippen molar-refractivity contribution in [2.24, 2.45) is 0 Å². The molecule has 0 saturated heterocycles. The Bertz CT molecular complexity index is 512. The van der Waals surface area contributed by atoms with Crippen LogP contribution in [0.2, 0.25) is 0 Å². The smallest absolute Gasteiger partial charge is 0.0178 e. The van der Waals surface area contributed by atoms with E-state index in [9.17, 15) is 0 Å². The molecule has 0 nitrogen and oxygen atoms in total. The van der Waals surface area contributed by atoms with Crippen LogP contribution in [0.25, 0.3) is 17.2 Å². The van der Waals surface area contributed by atoms with Crippen LogP contribution in [0.4, 0.5) is 0 Å². The average Bonchev–Trinajstić information content (AvgIpc) is 2.30. The third-order valence-corrected chi connectivity index (χ3v) is 2.85. The van der Waals surface area contributed by atoms with Gasteiger partial charge in [-0.3, -0.25) is 0 Å². The molecular formula is C15H13I. The molecule has 2 rings (SSSR count). The number of rotatable bonds is 2. The first-order chi connectivity index (χ1) is 7.79. The minimum atomic E-state index is 1.24. The topological polar surface area (TPSA) is 0 Å². The summed E-state index contributed by atoms with van der Waals surface area (Å²) in [6.07, 6.45) is 2.11. The van der Waals surface area contributed by atoms with E-state index in [1.165, 1.54) is 22.3 Å². The molecule has 0 atom stereocenters. The summed E-state index contributed by atoms with van der Waals surface area (Å²) >= 11 is 2.24. The van der Waals surface area contributed by atoms with Crippen molar-refractivity contribution in [3.8, 4) is 11.1 Å². The van der Waals surface area contributed by atoms with Crippen molar-refractivity contribution in [2.75, 3.05) is 0 Å². The van der Waals surface area contributed by atoms with E-state index in [0.717, 1.165) is 0 Å². The molecule has 0 aliphatic carbocycles. The fraction of sp³-hybridized carbons (Fsp3) is 0.0667. The molecule has 2 aromatic rings. The van der Waals surface area contributed by atoms with E-state index in [4.69, 9.17) is 0 Å². The Balaban J connectivity index is 2.44. The molecule has 2 aromatic carbocycles. The van der Waals surface area contributed by atoms with Gasteiger partial charge in [0, 0.05) is 0 Å². The molecular weight excluding hydrogens is 307 g/mol. The van der Waals surface area contributed by atoms with Gasteiger partial charge in [-0.15, -0.1) is 0 Å². The fourth-order valence-corrected chi connectivity index (χ4v) is 2.13. The molecule has 0 saturated carbocycles. The Kier molecular flexibility index (Phi) is 3.78. The molecule has 1 heteroatoms. The molecule has 0 spiro atoms. The fourth-order valence-electron chi connectivity index (χ4n) is 1.72. The summed E-state index contributed by atoms with van der Waals surface area (Å²) in [5.74, 6) is 0. The summed E-state index contributed by atoms with van der Waals surface area (Å²) in [5.41, 5.74) is 5.10. The zero-order chi connectivity index (χ0) is 11.4. The first kappa shape index (κ1) is 11.4. The van der Waals surface area contributed by atoms with E-state index in [1.807, 2.05) is 4.08 Å². The van der Waals surface area contributed by atoms with Crippen molar-refractivity contribution in [2.45, 2.75) is 6.92 Å². The lowest BCUT2D eigenvalue weighted by molar-refractivity contribution is 1.46. The molecule has 0 amide bonds. The van der Waals surface area contributed by atoms with Gasteiger partial charge in [-0.1, -0.05) is 70.6 Å². The average molecular weight is 320 g/mol. The second-order valence-corrected chi connectivity index (χ2v) is 4.51. The van der Waals surface area contributed by atoms with Gasteiger partial charge < -0.3 is 0 Å². The van der Waals surface area contributed by atoms with Gasteiger partial charge in [-0.2, -0.15) is 0 Å². The second kappa shape index (κ2) is 5.30. The van der Waals surface area contributed by atoms with Crippen molar-refractivity contribution in [1.82, 2.24) is 0 Å². The van der Waals surface area contributed by atoms with Gasteiger partial charge in [0.1, 0.15) is 0 Å². The Morgan fingerprint density at radius 2 is 1.62 bits per heavy atom. The molecule has 80 valence electrons. The SMILES string of the molecule is Cc1cccc(-c2cccc(/C=C/I)c2)c1. The van der Waals surface area contributed by atoms with Gasteiger partial charge in [0.15, 0.2) is 0 Å². The molecule has 16 heavy (non-hydrogen) atoms. The van der Waals surface area contributed by atoms with E-state index >= 15 is 0 Å². The third kappa shape index (κ3) is 2.73. The van der Waals surface area contributed by atoms with Gasteiger partial charge in [0.2, 0.25) is 0 Å². The lowest BCUT2D eigenvalue weighted by Crippen LogP contribution is -1.80. The predicted octanol–water partition coefficient (Wildman–Crippen LogP) is 5.07. The molecule has 0 fully saturated rings. The highest BCUT2D eigenvalue weighted by Gasteiger charge is 1.97. The summed E-state index contributed by atoms with van der Waals surface area (Å²) < 4.78 is 2.03. The highest BCUT2D eigenvalue weighted by atomic mass is 127. The van der Waals surface area contributed by atoms with Crippen LogP contribution >= 0.6 is 22.6 Å². The number of benzene rings is 2. The number of aryl methyl sites for hydroxylation is 1. The van der Waals surface area contributed by atoms with Crippen LogP contribution in [-0.2, 0) is 0 Å². The molecule has 0 bridgehead atoms. The Morgan fingerprint density at radius 1 is 0.938 bits per heavy atom. The van der Waals surface area contributed by atoms with E-state index in [-0.39, 0.29) is 0 Å². The Hall–Kier alpha value is -1.09. The third-order valence-electron chi connectivity index (χ3n) is 2.49. The van der Waals surface area contributed by atoms with Gasteiger partial charge in [0.05, 0.1) is 0 Å². The molecule has 0 radical (unpaired) electrons. The zero-order valence-electron chi connectivity index (χ0n) is 9.15. The van der Waals surface area contributed by atoms with Crippen LogP contribution in [0.3, 0.4) is 0 Å². The first-order valence-corrected chi connectivity index (χ1v) is 6.48. The number of hydrogen-bond donors (Lipinski definition) is 0. The van der Waals surface area contributed by atoms with E-state index < -0.39 is 0 Å². The predicted molar refractivity (Wildman–Crippen MR) is 79.7 cm³/mol. The summed E-state index contributed by atoms with van der Waals surface area (Å²) in [4.78, 5) is 0. The minimum Gasteiger partial charge on any atom is -0.0614 e. The number of hydrogen-bond acceptors (Lipinski definition) is 0. The molecule has 0 aliphatic rings. The minimum absolute atomic E-state index is 1.24. The van der Waals surface area contributed by atoms with Crippen molar-refractivity contribution in [3.05, 3.63) is 63.7 Å². The van der Waals surface area contributed by atoms with Crippen molar-refractivity contribution in [1.29, 1.82) is 0 Å². The highest BCUT2D eigenvalue weighted by molar-refractivity contribution is 14.1. The highest BCUT2D eigenvalue weighted by Crippen LogP contribution is 2.22. The van der Waals surface area contributed by atoms with E-state index in [1.54, 1.807) is 0 Å². The summed E-state index contributed by atoms with van der Waals surface area (Å²) in [7, 11) is 0. The first-order valence-electron chi connectivity index (χ1n) is 5.23.